The Labute approximate surface area is 115 Å². The molecule has 0 bridgehead atoms. The van der Waals surface area contributed by atoms with Crippen LogP contribution in [0.15, 0.2) is 6.20 Å². The molecule has 1 aliphatic rings. The maximum atomic E-state index is 4.54. The lowest BCUT2D eigenvalue weighted by molar-refractivity contribution is 0.124. The lowest BCUT2D eigenvalue weighted by atomic mass is 9.67. The largest absolute Gasteiger partial charge is 0.311 e. The van der Waals surface area contributed by atoms with Crippen LogP contribution in [0.2, 0.25) is 0 Å². The van der Waals surface area contributed by atoms with Gasteiger partial charge in [-0.25, -0.2) is 4.98 Å². The maximum absolute atomic E-state index is 4.54. The molecule has 0 atom stereocenters. The minimum atomic E-state index is 0.182. The van der Waals surface area contributed by atoms with E-state index in [0.29, 0.717) is 5.41 Å². The Morgan fingerprint density at radius 3 is 2.56 bits per heavy atom. The fraction of sp³-hybridized carbons (Fsp3) is 0.800. The van der Waals surface area contributed by atoms with Crippen LogP contribution in [0.1, 0.15) is 63.3 Å². The number of rotatable bonds is 5. The normalized spacial score (nSPS) is 18.7. The molecule has 0 aromatic carbocycles. The van der Waals surface area contributed by atoms with Crippen LogP contribution in [0, 0.1) is 5.41 Å². The van der Waals surface area contributed by atoms with Crippen molar-refractivity contribution in [3.63, 3.8) is 0 Å². The van der Waals surface area contributed by atoms with Gasteiger partial charge < -0.3 is 5.32 Å². The lowest BCUT2D eigenvalue weighted by Gasteiger charge is -2.41. The first-order valence-corrected chi connectivity index (χ1v) is 7.93. The summed E-state index contributed by atoms with van der Waals surface area (Å²) in [5, 5.41) is 4.87. The van der Waals surface area contributed by atoms with Gasteiger partial charge in [-0.2, -0.15) is 0 Å². The molecule has 0 aliphatic heterocycles. The summed E-state index contributed by atoms with van der Waals surface area (Å²) >= 11 is 1.85. The molecule has 2 nitrogen and oxygen atoms in total. The van der Waals surface area contributed by atoms with Crippen LogP contribution >= 0.6 is 11.3 Å². The van der Waals surface area contributed by atoms with E-state index < -0.39 is 0 Å². The van der Waals surface area contributed by atoms with Gasteiger partial charge in [0.1, 0.15) is 0 Å². The number of nitrogens with one attached hydrogen (secondary N) is 1. The average Bonchev–Trinajstić information content (AvgIpc) is 2.70. The molecule has 1 aromatic rings. The molecule has 0 amide bonds. The second-order valence-corrected chi connectivity index (χ2v) is 7.81. The van der Waals surface area contributed by atoms with Gasteiger partial charge in [0.25, 0.3) is 0 Å². The Bertz CT molecular complexity index is 380. The second kappa shape index (κ2) is 5.30. The second-order valence-electron chi connectivity index (χ2n) is 6.69. The third-order valence-corrected chi connectivity index (χ3v) is 5.58. The standard InChI is InChI=1S/C15H26N2S/c1-5-15(7-6-8-15)11-16-9-12-10-17-13(18-12)14(2,3)4/h10,16H,5-9,11H2,1-4H3. The zero-order chi connectivity index (χ0) is 13.2. The van der Waals surface area contributed by atoms with Gasteiger partial charge in [0.05, 0.1) is 5.01 Å². The SMILES string of the molecule is CCC1(CNCc2cnc(C(C)(C)C)s2)CCC1. The minimum Gasteiger partial charge on any atom is -0.311 e. The molecule has 1 aliphatic carbocycles. The van der Waals surface area contributed by atoms with Gasteiger partial charge in [-0.15, -0.1) is 11.3 Å². The maximum Gasteiger partial charge on any atom is 0.0981 e. The number of hydrogen-bond acceptors (Lipinski definition) is 3. The summed E-state index contributed by atoms with van der Waals surface area (Å²) in [6.45, 7) is 11.2. The van der Waals surface area contributed by atoms with E-state index in [2.05, 4.69) is 38.0 Å². The van der Waals surface area contributed by atoms with E-state index in [9.17, 15) is 0 Å². The van der Waals surface area contributed by atoms with Gasteiger partial charge in [0.2, 0.25) is 0 Å². The molecule has 0 spiro atoms. The number of hydrogen-bond donors (Lipinski definition) is 1. The Morgan fingerprint density at radius 2 is 2.11 bits per heavy atom. The van der Waals surface area contributed by atoms with Crippen LogP contribution in [-0.2, 0) is 12.0 Å². The van der Waals surface area contributed by atoms with Crippen molar-refractivity contribution in [2.45, 2.75) is 65.3 Å². The van der Waals surface area contributed by atoms with Crippen LogP contribution in [-0.4, -0.2) is 11.5 Å². The van der Waals surface area contributed by atoms with Crippen molar-refractivity contribution in [1.82, 2.24) is 10.3 Å². The van der Waals surface area contributed by atoms with E-state index in [1.165, 1.54) is 42.1 Å². The van der Waals surface area contributed by atoms with Crippen LogP contribution < -0.4 is 5.32 Å². The summed E-state index contributed by atoms with van der Waals surface area (Å²) < 4.78 is 0. The smallest absolute Gasteiger partial charge is 0.0981 e. The lowest BCUT2D eigenvalue weighted by Crippen LogP contribution is -2.39. The molecule has 1 saturated carbocycles. The Balaban J connectivity index is 1.82. The number of thiazole rings is 1. The molecule has 102 valence electrons. The molecule has 18 heavy (non-hydrogen) atoms. The summed E-state index contributed by atoms with van der Waals surface area (Å²) in [4.78, 5) is 5.90. The van der Waals surface area contributed by atoms with Gasteiger partial charge in [0.15, 0.2) is 0 Å². The van der Waals surface area contributed by atoms with Crippen LogP contribution in [0.4, 0.5) is 0 Å². The van der Waals surface area contributed by atoms with Crippen molar-refractivity contribution in [3.8, 4) is 0 Å². The first-order valence-electron chi connectivity index (χ1n) is 7.11. The quantitative estimate of drug-likeness (QED) is 0.867. The van der Waals surface area contributed by atoms with Crippen molar-refractivity contribution < 1.29 is 0 Å². The van der Waals surface area contributed by atoms with Crippen molar-refractivity contribution >= 4 is 11.3 Å². The molecule has 3 heteroatoms. The number of aromatic nitrogens is 1. The molecule has 1 aromatic heterocycles. The van der Waals surface area contributed by atoms with E-state index >= 15 is 0 Å². The minimum absolute atomic E-state index is 0.182. The molecule has 0 radical (unpaired) electrons. The first-order chi connectivity index (χ1) is 8.45. The highest BCUT2D eigenvalue weighted by atomic mass is 32.1. The van der Waals surface area contributed by atoms with E-state index in [-0.39, 0.29) is 5.41 Å². The highest BCUT2D eigenvalue weighted by Gasteiger charge is 2.34. The summed E-state index contributed by atoms with van der Waals surface area (Å²) in [6.07, 6.45) is 7.59. The zero-order valence-corrected chi connectivity index (χ0v) is 13.0. The summed E-state index contributed by atoms with van der Waals surface area (Å²) in [5.74, 6) is 0. The predicted molar refractivity (Wildman–Crippen MR) is 79.1 cm³/mol. The Kier molecular flexibility index (Phi) is 4.12. The zero-order valence-electron chi connectivity index (χ0n) is 12.2. The van der Waals surface area contributed by atoms with Crippen molar-refractivity contribution in [1.29, 1.82) is 0 Å². The summed E-state index contributed by atoms with van der Waals surface area (Å²) in [7, 11) is 0. The molecule has 2 rings (SSSR count). The number of nitrogens with zero attached hydrogens (tertiary/aromatic N) is 1. The van der Waals surface area contributed by atoms with E-state index in [4.69, 9.17) is 0 Å². The van der Waals surface area contributed by atoms with Crippen molar-refractivity contribution in [2.24, 2.45) is 5.41 Å². The van der Waals surface area contributed by atoms with E-state index in [1.807, 2.05) is 17.5 Å². The fourth-order valence-electron chi connectivity index (χ4n) is 2.52. The van der Waals surface area contributed by atoms with Crippen molar-refractivity contribution in [3.05, 3.63) is 16.1 Å². The molecular weight excluding hydrogens is 240 g/mol. The first kappa shape index (κ1) is 14.0. The van der Waals surface area contributed by atoms with Crippen LogP contribution in [0.25, 0.3) is 0 Å². The Hall–Kier alpha value is -0.410. The van der Waals surface area contributed by atoms with Gasteiger partial charge >= 0.3 is 0 Å². The monoisotopic (exact) mass is 266 g/mol. The van der Waals surface area contributed by atoms with E-state index in [0.717, 1.165) is 6.54 Å². The fourth-order valence-corrected chi connectivity index (χ4v) is 3.46. The van der Waals surface area contributed by atoms with Gasteiger partial charge in [-0.05, 0) is 24.7 Å². The summed E-state index contributed by atoms with van der Waals surface area (Å²) in [6, 6.07) is 0. The van der Waals surface area contributed by atoms with Gasteiger partial charge in [-0.1, -0.05) is 34.1 Å². The molecule has 0 saturated heterocycles. The van der Waals surface area contributed by atoms with Gasteiger partial charge in [0, 0.05) is 29.6 Å². The predicted octanol–water partition coefficient (Wildman–Crippen LogP) is 4.11. The molecule has 1 heterocycles. The highest BCUT2D eigenvalue weighted by molar-refractivity contribution is 7.11. The molecule has 1 fully saturated rings. The Morgan fingerprint density at radius 1 is 1.39 bits per heavy atom. The molecule has 1 N–H and O–H groups in total. The third kappa shape index (κ3) is 3.12. The van der Waals surface area contributed by atoms with Crippen LogP contribution in [0.3, 0.4) is 0 Å². The summed E-state index contributed by atoms with van der Waals surface area (Å²) in [5.41, 5.74) is 0.791. The highest BCUT2D eigenvalue weighted by Crippen LogP contribution is 2.43. The third-order valence-electron chi connectivity index (χ3n) is 4.16. The van der Waals surface area contributed by atoms with E-state index in [1.54, 1.807) is 0 Å². The van der Waals surface area contributed by atoms with Crippen molar-refractivity contribution in [2.75, 3.05) is 6.54 Å². The van der Waals surface area contributed by atoms with Crippen LogP contribution in [0.5, 0.6) is 0 Å². The molecular formula is C15H26N2S. The molecule has 0 unspecified atom stereocenters. The topological polar surface area (TPSA) is 24.9 Å². The average molecular weight is 266 g/mol. The van der Waals surface area contributed by atoms with Gasteiger partial charge in [-0.3, -0.25) is 0 Å².